The van der Waals surface area contributed by atoms with Crippen molar-refractivity contribution in [3.05, 3.63) is 89.5 Å². The number of hydrogen-bond donors (Lipinski definition) is 1. The fourth-order valence-electron chi connectivity index (χ4n) is 3.13. The summed E-state index contributed by atoms with van der Waals surface area (Å²) in [7, 11) is 3.09. The molecule has 0 spiro atoms. The number of methoxy groups -OCH3 is 2. The maximum Gasteiger partial charge on any atom is 0.339 e. The highest BCUT2D eigenvalue weighted by Crippen LogP contribution is 2.26. The first kappa shape index (κ1) is 22.6. The zero-order valence-corrected chi connectivity index (χ0v) is 18.3. The lowest BCUT2D eigenvalue weighted by Gasteiger charge is -2.12. The van der Waals surface area contributed by atoms with Crippen molar-refractivity contribution in [2.24, 2.45) is 0 Å². The number of rotatable bonds is 8. The molecule has 3 aromatic carbocycles. The third kappa shape index (κ3) is 5.76. The van der Waals surface area contributed by atoms with Gasteiger partial charge in [-0.2, -0.15) is 0 Å². The lowest BCUT2D eigenvalue weighted by Crippen LogP contribution is -2.21. The van der Waals surface area contributed by atoms with Crippen LogP contribution >= 0.6 is 0 Å². The Balaban J connectivity index is 1.78. The zero-order valence-electron chi connectivity index (χ0n) is 18.3. The highest BCUT2D eigenvalue weighted by molar-refractivity contribution is 6.22. The van der Waals surface area contributed by atoms with E-state index in [1.54, 1.807) is 37.5 Å². The van der Waals surface area contributed by atoms with Gasteiger partial charge in [0.25, 0.3) is 5.91 Å². The Labute approximate surface area is 187 Å². The molecule has 6 nitrogen and oxygen atoms in total. The zero-order chi connectivity index (χ0) is 22.9. The second kappa shape index (κ2) is 10.8. The largest absolute Gasteiger partial charge is 0.496 e. The minimum absolute atomic E-state index is 0.316. The summed E-state index contributed by atoms with van der Waals surface area (Å²) in [5.41, 5.74) is 3.19. The van der Waals surface area contributed by atoms with Crippen LogP contribution in [0.4, 0.5) is 5.69 Å². The van der Waals surface area contributed by atoms with Gasteiger partial charge < -0.3 is 19.5 Å². The van der Waals surface area contributed by atoms with E-state index in [-0.39, 0.29) is 0 Å². The monoisotopic (exact) mass is 431 g/mol. The molecule has 0 fully saturated rings. The van der Waals surface area contributed by atoms with Crippen LogP contribution < -0.4 is 14.8 Å². The normalized spacial score (nSPS) is 10.9. The molecule has 0 radical (unpaired) electrons. The Kier molecular flexibility index (Phi) is 7.65. The number of anilines is 1. The molecule has 1 N–H and O–H groups in total. The van der Waals surface area contributed by atoms with Gasteiger partial charge in [0.2, 0.25) is 0 Å². The quantitative estimate of drug-likeness (QED) is 0.317. The molecule has 0 aromatic heterocycles. The van der Waals surface area contributed by atoms with Gasteiger partial charge in [-0.1, -0.05) is 54.6 Å². The number of hydrogen-bond acceptors (Lipinski definition) is 5. The van der Waals surface area contributed by atoms with Crippen LogP contribution in [0.1, 0.15) is 16.7 Å². The van der Waals surface area contributed by atoms with E-state index in [1.165, 1.54) is 7.11 Å². The Hall–Kier alpha value is -4.06. The Bertz CT molecular complexity index is 1120. The van der Waals surface area contributed by atoms with Crippen molar-refractivity contribution in [2.45, 2.75) is 6.92 Å². The topological polar surface area (TPSA) is 73.9 Å². The van der Waals surface area contributed by atoms with E-state index in [0.717, 1.165) is 11.1 Å². The van der Waals surface area contributed by atoms with Crippen molar-refractivity contribution in [1.82, 2.24) is 0 Å². The van der Waals surface area contributed by atoms with Crippen molar-refractivity contribution in [3.63, 3.8) is 0 Å². The first-order chi connectivity index (χ1) is 15.5. The summed E-state index contributed by atoms with van der Waals surface area (Å²) in [6, 6.07) is 21.9. The molecule has 0 heterocycles. The van der Waals surface area contributed by atoms with Gasteiger partial charge in [0.15, 0.2) is 6.61 Å². The number of para-hydroxylation sites is 1. The average Bonchev–Trinajstić information content (AvgIpc) is 2.82. The molecular weight excluding hydrogens is 406 g/mol. The molecule has 0 atom stereocenters. The fourth-order valence-corrected chi connectivity index (χ4v) is 3.13. The predicted octanol–water partition coefficient (Wildman–Crippen LogP) is 4.73. The van der Waals surface area contributed by atoms with Crippen LogP contribution in [0.5, 0.6) is 11.5 Å². The molecule has 0 aliphatic carbocycles. The standard InChI is InChI=1S/C26H25NO5/c1-18-13-14-24(31-3)22(15-18)27-25(28)17-32-26(29)21(19-9-5-4-6-10-19)16-20-11-7-8-12-23(20)30-2/h4-16H,17H2,1-3H3,(H,27,28)/b21-16+. The molecule has 0 unspecified atom stereocenters. The first-order valence-corrected chi connectivity index (χ1v) is 10.0. The van der Waals surface area contributed by atoms with Gasteiger partial charge >= 0.3 is 5.97 Å². The van der Waals surface area contributed by atoms with Gasteiger partial charge in [-0.05, 0) is 42.3 Å². The summed E-state index contributed by atoms with van der Waals surface area (Å²) >= 11 is 0. The highest BCUT2D eigenvalue weighted by Gasteiger charge is 2.17. The minimum Gasteiger partial charge on any atom is -0.496 e. The number of aryl methyl sites for hydroxylation is 1. The van der Waals surface area contributed by atoms with Crippen LogP contribution in [0.25, 0.3) is 11.6 Å². The van der Waals surface area contributed by atoms with E-state index >= 15 is 0 Å². The number of carbonyl (C=O) groups is 2. The second-order valence-corrected chi connectivity index (χ2v) is 6.99. The molecule has 0 aliphatic heterocycles. The molecule has 3 aromatic rings. The molecular formula is C26H25NO5. The van der Waals surface area contributed by atoms with Crippen molar-refractivity contribution >= 4 is 29.2 Å². The van der Waals surface area contributed by atoms with Crippen LogP contribution in [-0.4, -0.2) is 32.7 Å². The average molecular weight is 431 g/mol. The van der Waals surface area contributed by atoms with Gasteiger partial charge in [0, 0.05) is 5.56 Å². The summed E-state index contributed by atoms with van der Waals surface area (Å²) in [4.78, 5) is 25.4. The summed E-state index contributed by atoms with van der Waals surface area (Å²) in [5, 5.41) is 2.72. The van der Waals surface area contributed by atoms with Gasteiger partial charge in [0.05, 0.1) is 25.5 Å². The van der Waals surface area contributed by atoms with Crippen LogP contribution in [0.3, 0.4) is 0 Å². The van der Waals surface area contributed by atoms with E-state index in [9.17, 15) is 9.59 Å². The van der Waals surface area contributed by atoms with Crippen molar-refractivity contribution < 1.29 is 23.8 Å². The number of carbonyl (C=O) groups excluding carboxylic acids is 2. The molecule has 0 saturated carbocycles. The van der Waals surface area contributed by atoms with Gasteiger partial charge in [-0.3, -0.25) is 4.79 Å². The number of nitrogens with one attached hydrogen (secondary N) is 1. The molecule has 1 amide bonds. The van der Waals surface area contributed by atoms with Crippen LogP contribution in [0.15, 0.2) is 72.8 Å². The molecule has 3 rings (SSSR count). The van der Waals surface area contributed by atoms with Crippen molar-refractivity contribution in [2.75, 3.05) is 26.1 Å². The third-order valence-corrected chi connectivity index (χ3v) is 4.71. The van der Waals surface area contributed by atoms with Crippen LogP contribution in [0, 0.1) is 6.92 Å². The van der Waals surface area contributed by atoms with Crippen molar-refractivity contribution in [1.29, 1.82) is 0 Å². The van der Waals surface area contributed by atoms with E-state index < -0.39 is 18.5 Å². The number of amides is 1. The molecule has 0 saturated heterocycles. The maximum atomic E-state index is 12.9. The molecule has 6 heteroatoms. The van der Waals surface area contributed by atoms with E-state index in [0.29, 0.717) is 28.3 Å². The SMILES string of the molecule is COc1ccccc1/C=C(/C(=O)OCC(=O)Nc1cc(C)ccc1OC)c1ccccc1. The first-order valence-electron chi connectivity index (χ1n) is 10.0. The maximum absolute atomic E-state index is 12.9. The van der Waals surface area contributed by atoms with Crippen LogP contribution in [-0.2, 0) is 14.3 Å². The van der Waals surface area contributed by atoms with Gasteiger partial charge in [-0.25, -0.2) is 4.79 Å². The van der Waals surface area contributed by atoms with E-state index in [4.69, 9.17) is 14.2 Å². The summed E-state index contributed by atoms with van der Waals surface area (Å²) in [5.74, 6) is 0.0646. The number of esters is 1. The molecule has 0 bridgehead atoms. The van der Waals surface area contributed by atoms with Crippen LogP contribution in [0.2, 0.25) is 0 Å². The molecule has 0 aliphatic rings. The Morgan fingerprint density at radius 2 is 1.56 bits per heavy atom. The lowest BCUT2D eigenvalue weighted by molar-refractivity contribution is -0.141. The van der Waals surface area contributed by atoms with E-state index in [2.05, 4.69) is 5.32 Å². The third-order valence-electron chi connectivity index (χ3n) is 4.71. The Morgan fingerprint density at radius 1 is 0.875 bits per heavy atom. The smallest absolute Gasteiger partial charge is 0.339 e. The second-order valence-electron chi connectivity index (χ2n) is 6.99. The highest BCUT2D eigenvalue weighted by atomic mass is 16.5. The summed E-state index contributed by atoms with van der Waals surface area (Å²) < 4.78 is 16.0. The minimum atomic E-state index is -0.617. The van der Waals surface area contributed by atoms with E-state index in [1.807, 2.05) is 55.5 Å². The lowest BCUT2D eigenvalue weighted by atomic mass is 10.0. The number of ether oxygens (including phenoxy) is 3. The molecule has 164 valence electrons. The fraction of sp³-hybridized carbons (Fsp3) is 0.154. The summed E-state index contributed by atoms with van der Waals surface area (Å²) in [6.45, 7) is 1.47. The van der Waals surface area contributed by atoms with Gasteiger partial charge in [0.1, 0.15) is 11.5 Å². The van der Waals surface area contributed by atoms with Crippen molar-refractivity contribution in [3.8, 4) is 11.5 Å². The summed E-state index contributed by atoms with van der Waals surface area (Å²) in [6.07, 6.45) is 1.69. The molecule has 32 heavy (non-hydrogen) atoms. The van der Waals surface area contributed by atoms with Gasteiger partial charge in [-0.15, -0.1) is 0 Å². The number of benzene rings is 3. The Morgan fingerprint density at radius 3 is 2.28 bits per heavy atom. The predicted molar refractivity (Wildman–Crippen MR) is 125 cm³/mol.